The van der Waals surface area contributed by atoms with E-state index in [0.29, 0.717) is 0 Å². The third-order valence-electron chi connectivity index (χ3n) is 0. The molecule has 0 aromatic rings. The van der Waals surface area contributed by atoms with Crippen molar-refractivity contribution in [3.63, 3.8) is 0 Å². The van der Waals surface area contributed by atoms with Gasteiger partial charge in [-0.15, -0.1) is 12.4 Å². The molecule has 41 valence electrons. The molecule has 0 bridgehead atoms. The molecule has 0 aliphatic rings. The van der Waals surface area contributed by atoms with E-state index in [2.05, 4.69) is 0 Å². The van der Waals surface area contributed by atoms with Gasteiger partial charge in [0, 0.05) is 16.8 Å². The standard InChI is InChI=1S/ClH.Co.3H2O/h1H;;3*1H2. The van der Waals surface area contributed by atoms with Gasteiger partial charge in [-0.2, -0.15) is 0 Å². The van der Waals surface area contributed by atoms with Crippen LogP contribution in [0.4, 0.5) is 0 Å². The van der Waals surface area contributed by atoms with Crippen molar-refractivity contribution < 1.29 is 33.2 Å². The van der Waals surface area contributed by atoms with Crippen molar-refractivity contribution in [3.8, 4) is 0 Å². The summed E-state index contributed by atoms with van der Waals surface area (Å²) in [7, 11) is 0. The molecule has 0 rings (SSSR count). The number of hydrogen-bond donors (Lipinski definition) is 0. The molecule has 0 aromatic heterocycles. The summed E-state index contributed by atoms with van der Waals surface area (Å²) >= 11 is 0. The molecular formula is H7ClCoO3. The molecule has 5 heavy (non-hydrogen) atoms. The molecule has 3 nitrogen and oxygen atoms in total. The van der Waals surface area contributed by atoms with Gasteiger partial charge in [-0.05, 0) is 0 Å². The monoisotopic (exact) mass is 149 g/mol. The largest absolute Gasteiger partial charge is 0.412 e. The predicted molar refractivity (Wildman–Crippen MR) is 18.1 cm³/mol. The van der Waals surface area contributed by atoms with Crippen LogP contribution in [0.5, 0.6) is 0 Å². The van der Waals surface area contributed by atoms with Crippen LogP contribution in [0.2, 0.25) is 0 Å². The maximum atomic E-state index is 0. The zero-order chi connectivity index (χ0) is 0. The van der Waals surface area contributed by atoms with E-state index in [1.165, 1.54) is 0 Å². The summed E-state index contributed by atoms with van der Waals surface area (Å²) in [6.07, 6.45) is 0. The molecule has 6 N–H and O–H groups in total. The van der Waals surface area contributed by atoms with Crippen molar-refractivity contribution >= 4 is 12.4 Å². The van der Waals surface area contributed by atoms with Crippen LogP contribution in [0.15, 0.2) is 0 Å². The molecule has 0 heterocycles. The van der Waals surface area contributed by atoms with Crippen molar-refractivity contribution in [3.05, 3.63) is 0 Å². The van der Waals surface area contributed by atoms with Gasteiger partial charge in [-0.25, -0.2) is 0 Å². The van der Waals surface area contributed by atoms with Gasteiger partial charge in [0.15, 0.2) is 0 Å². The minimum atomic E-state index is 0. The quantitative estimate of drug-likeness (QED) is 0.379. The second-order valence-electron chi connectivity index (χ2n) is 0. The van der Waals surface area contributed by atoms with Crippen LogP contribution in [0.3, 0.4) is 0 Å². The van der Waals surface area contributed by atoms with E-state index < -0.39 is 0 Å². The predicted octanol–water partition coefficient (Wildman–Crippen LogP) is -2.05. The third kappa shape index (κ3) is 73.2. The van der Waals surface area contributed by atoms with Crippen LogP contribution in [0.1, 0.15) is 0 Å². The van der Waals surface area contributed by atoms with E-state index in [1.54, 1.807) is 0 Å². The summed E-state index contributed by atoms with van der Waals surface area (Å²) in [5.41, 5.74) is 0. The molecule has 0 aliphatic heterocycles. The minimum absolute atomic E-state index is 0. The summed E-state index contributed by atoms with van der Waals surface area (Å²) < 4.78 is 0. The zero-order valence-corrected chi connectivity index (χ0v) is 4.10. The molecule has 1 radical (unpaired) electrons. The van der Waals surface area contributed by atoms with Crippen LogP contribution in [-0.4, -0.2) is 16.4 Å². The maximum Gasteiger partial charge on any atom is 0 e. The van der Waals surface area contributed by atoms with Crippen molar-refractivity contribution in [2.75, 3.05) is 0 Å². The van der Waals surface area contributed by atoms with E-state index in [1.807, 2.05) is 0 Å². The first-order valence-electron chi connectivity index (χ1n) is 0. The molecule has 0 fully saturated rings. The summed E-state index contributed by atoms with van der Waals surface area (Å²) in [6, 6.07) is 0. The Labute approximate surface area is 46.3 Å². The second kappa shape index (κ2) is 138. The Bertz CT molecular complexity index is 6.85. The average Bonchev–Trinajstić information content (AvgIpc) is 0. The fraction of sp³-hybridized carbons (Fsp3) is 0. The van der Waals surface area contributed by atoms with E-state index in [0.717, 1.165) is 0 Å². The van der Waals surface area contributed by atoms with Crippen molar-refractivity contribution in [2.24, 2.45) is 0 Å². The fourth-order valence-corrected chi connectivity index (χ4v) is 0. The Kier molecular flexibility index (Phi) is 7490. The van der Waals surface area contributed by atoms with Gasteiger partial charge in [0.05, 0.1) is 0 Å². The molecule has 0 amide bonds. The summed E-state index contributed by atoms with van der Waals surface area (Å²) in [5, 5.41) is 0. The Morgan fingerprint density at radius 2 is 0.600 bits per heavy atom. The number of hydrogen-bond acceptors (Lipinski definition) is 0. The second-order valence-corrected chi connectivity index (χ2v) is 0. The van der Waals surface area contributed by atoms with Crippen LogP contribution in [0.25, 0.3) is 0 Å². The zero-order valence-electron chi connectivity index (χ0n) is 2.24. The normalized spacial score (nSPS) is 0. The Morgan fingerprint density at radius 3 is 0.600 bits per heavy atom. The van der Waals surface area contributed by atoms with Gasteiger partial charge in [0.1, 0.15) is 0 Å². The van der Waals surface area contributed by atoms with Gasteiger partial charge in [-0.1, -0.05) is 0 Å². The molecule has 0 aromatic carbocycles. The summed E-state index contributed by atoms with van der Waals surface area (Å²) in [5.74, 6) is 0. The molecule has 0 unspecified atom stereocenters. The minimum Gasteiger partial charge on any atom is -0.412 e. The van der Waals surface area contributed by atoms with Crippen LogP contribution in [0, 0.1) is 0 Å². The third-order valence-corrected chi connectivity index (χ3v) is 0. The summed E-state index contributed by atoms with van der Waals surface area (Å²) in [4.78, 5) is 0. The fourth-order valence-electron chi connectivity index (χ4n) is 0. The van der Waals surface area contributed by atoms with Crippen LogP contribution in [-0.2, 0) is 16.8 Å². The molecule has 5 heteroatoms. The van der Waals surface area contributed by atoms with Gasteiger partial charge < -0.3 is 16.4 Å². The van der Waals surface area contributed by atoms with Gasteiger partial charge >= 0.3 is 0 Å². The Hall–Kier alpha value is 0.676. The maximum absolute atomic E-state index is 0. The first kappa shape index (κ1) is 271. The first-order valence-corrected chi connectivity index (χ1v) is 0. The SMILES string of the molecule is Cl.O.O.O.[Co]. The van der Waals surface area contributed by atoms with Gasteiger partial charge in [-0.3, -0.25) is 0 Å². The first-order chi connectivity index (χ1) is 0. The molecular weight excluding hydrogens is 142 g/mol. The number of halogens is 1. The number of rotatable bonds is 0. The van der Waals surface area contributed by atoms with Crippen LogP contribution >= 0.6 is 12.4 Å². The van der Waals surface area contributed by atoms with Gasteiger partial charge in [0.2, 0.25) is 0 Å². The average molecular weight is 149 g/mol. The molecule has 0 saturated carbocycles. The molecule has 0 aliphatic carbocycles. The molecule has 0 saturated heterocycles. The Morgan fingerprint density at radius 1 is 0.600 bits per heavy atom. The van der Waals surface area contributed by atoms with E-state index in [4.69, 9.17) is 0 Å². The van der Waals surface area contributed by atoms with Crippen molar-refractivity contribution in [2.45, 2.75) is 0 Å². The molecule has 0 atom stereocenters. The smallest absolute Gasteiger partial charge is 0 e. The van der Waals surface area contributed by atoms with Crippen molar-refractivity contribution in [1.82, 2.24) is 0 Å². The van der Waals surface area contributed by atoms with Crippen molar-refractivity contribution in [1.29, 1.82) is 0 Å². The van der Waals surface area contributed by atoms with Crippen LogP contribution < -0.4 is 0 Å². The van der Waals surface area contributed by atoms with E-state index >= 15 is 0 Å². The topological polar surface area (TPSA) is 94.5 Å². The Balaban J connectivity index is 0. The summed E-state index contributed by atoms with van der Waals surface area (Å²) in [6.45, 7) is 0. The van der Waals surface area contributed by atoms with E-state index in [9.17, 15) is 0 Å². The molecule has 0 spiro atoms. The van der Waals surface area contributed by atoms with E-state index in [-0.39, 0.29) is 45.6 Å². The van der Waals surface area contributed by atoms with Gasteiger partial charge in [0.25, 0.3) is 0 Å².